The Hall–Kier alpha value is -3.24. The first-order chi connectivity index (χ1) is 31.8. The summed E-state index contributed by atoms with van der Waals surface area (Å²) in [6.07, 6.45) is -4.97. The Morgan fingerprint density at radius 3 is 2.22 bits per heavy atom. The summed E-state index contributed by atoms with van der Waals surface area (Å²) in [6.45, 7) is 20.9. The fourth-order valence-corrected chi connectivity index (χ4v) is 11.3. The van der Waals surface area contributed by atoms with Crippen molar-refractivity contribution < 1.29 is 54.0 Å². The fraction of sp³-hybridized carbons (Fsp3) is 0.736. The van der Waals surface area contributed by atoms with Crippen LogP contribution in [0, 0.1) is 42.4 Å². The number of aliphatic hydroxyl groups excluding tert-OH is 3. The predicted octanol–water partition coefficient (Wildman–Crippen LogP) is 4.45. The fourth-order valence-electron chi connectivity index (χ4n) is 11.3. The van der Waals surface area contributed by atoms with Gasteiger partial charge in [0.05, 0.1) is 41.5 Å². The molecule has 0 aliphatic carbocycles. The van der Waals surface area contributed by atoms with Gasteiger partial charge in [-0.15, -0.1) is 0 Å². The van der Waals surface area contributed by atoms with Crippen LogP contribution in [0.1, 0.15) is 112 Å². The van der Waals surface area contributed by atoms with Crippen molar-refractivity contribution in [3.8, 4) is 17.5 Å². The van der Waals surface area contributed by atoms with Gasteiger partial charge in [-0.3, -0.25) is 19.1 Å². The molecule has 0 spiro atoms. The number of likely N-dealkylation sites (N-methyl/N-ethyl adjacent to an activating group) is 2. The molecule has 18 atom stereocenters. The average Bonchev–Trinajstić information content (AvgIpc) is 3.28. The molecule has 1 aromatic heterocycles. The zero-order chi connectivity index (χ0) is 50.6. The van der Waals surface area contributed by atoms with Gasteiger partial charge in [-0.05, 0) is 123 Å². The summed E-state index contributed by atoms with van der Waals surface area (Å²) in [5.74, 6) is 3.36. The van der Waals surface area contributed by atoms with E-state index in [2.05, 4.69) is 16.7 Å². The summed E-state index contributed by atoms with van der Waals surface area (Å²) in [5, 5.41) is 59.9. The molecule has 68 heavy (non-hydrogen) atoms. The molecule has 1 aromatic carbocycles. The van der Waals surface area contributed by atoms with E-state index in [0.717, 1.165) is 16.8 Å². The number of carbonyl (C=O) groups is 1. The maximum atomic E-state index is 14.6. The molecule has 0 saturated carbocycles. The topological polar surface area (TPSA) is 193 Å². The third-order valence-electron chi connectivity index (χ3n) is 15.5. The Morgan fingerprint density at radius 2 is 1.59 bits per heavy atom. The van der Waals surface area contributed by atoms with Crippen molar-refractivity contribution in [1.29, 1.82) is 0 Å². The molecule has 0 amide bonds. The number of nitrogens with zero attached hydrogens (tertiary/aromatic N) is 3. The number of methoxy groups -OCH3 is 1. The zero-order valence-corrected chi connectivity index (χ0v) is 43.1. The van der Waals surface area contributed by atoms with Crippen LogP contribution in [0.5, 0.6) is 0 Å². The van der Waals surface area contributed by atoms with Crippen molar-refractivity contribution in [1.82, 2.24) is 14.4 Å². The first-order valence-corrected chi connectivity index (χ1v) is 24.7. The van der Waals surface area contributed by atoms with E-state index in [-0.39, 0.29) is 36.8 Å². The monoisotopic (exact) mass is 954 g/mol. The highest BCUT2D eigenvalue weighted by Crippen LogP contribution is 2.45. The first-order valence-electron chi connectivity index (χ1n) is 24.7. The second-order valence-electron chi connectivity index (χ2n) is 21.3. The summed E-state index contributed by atoms with van der Waals surface area (Å²) < 4.78 is 33.7. The van der Waals surface area contributed by atoms with Crippen LogP contribution in [-0.4, -0.2) is 164 Å². The van der Waals surface area contributed by atoms with Crippen LogP contribution in [0.25, 0.3) is 5.69 Å². The zero-order valence-electron chi connectivity index (χ0n) is 43.1. The number of carbonyl (C=O) groups excluding carboxylic acids is 1. The van der Waals surface area contributed by atoms with E-state index in [1.54, 1.807) is 44.4 Å². The normalized spacial score (nSPS) is 40.4. The van der Waals surface area contributed by atoms with E-state index in [0.29, 0.717) is 25.9 Å². The minimum atomic E-state index is -1.81. The SMILES string of the molecule is CC[C@H]1OC(=O)[C@H](C)C([C@H]2C[C@@](C)(OC)[C@@H](O)[C@H](C)O2)[C@H](C)[C@@H](O[C@@H]2O[C@H](C)C[C@H](N(C)CCC#Cc3ccc(-n4cc(C)ccc4=O)cc3)[C@H]2O)[C@](C)(O)C[C@@H](C)CN(C)[C@H](C)[C@@H](O)[C@]1(C)O. The smallest absolute Gasteiger partial charge is 0.309 e. The van der Waals surface area contributed by atoms with Gasteiger partial charge in [0, 0.05) is 74.6 Å². The molecule has 382 valence electrons. The minimum absolute atomic E-state index is 0.107. The summed E-state index contributed by atoms with van der Waals surface area (Å²) in [6, 6.07) is 9.91. The third kappa shape index (κ3) is 12.6. The number of aromatic nitrogens is 1. The number of pyridine rings is 1. The number of cyclic esters (lactones) is 1. The van der Waals surface area contributed by atoms with Crippen LogP contribution in [0.4, 0.5) is 0 Å². The maximum Gasteiger partial charge on any atom is 0.309 e. The van der Waals surface area contributed by atoms with Crippen molar-refractivity contribution >= 4 is 5.97 Å². The lowest BCUT2D eigenvalue weighted by Gasteiger charge is -2.51. The number of rotatable bonds is 9. The number of esters is 1. The molecular formula is C53H83N3O12. The van der Waals surface area contributed by atoms with E-state index in [9.17, 15) is 35.1 Å². The standard InChI is InChI=1S/C53H83N3O12/c1-15-42-53(11,63)46(59)36(7)55(13)29-32(3)27-51(9,62)48(34(5)44(35(6)49(61)67-42)41-28-52(10,64-14)47(60)37(8)66-41)68-50-45(58)40(26-33(4)65-50)54(12)25-17-16-18-38-20-22-39(23-21-38)56-30-31(2)19-24-43(56)57/h19-24,30,32-37,40-42,44-48,50,58-60,62-63H,15,17,25-29H2,1-14H3/t32-,33-,34+,35-,36-,37+,40+,41-,42-,44?,45-,46-,47+,48-,50+,51-,52-,53-/m1/s1. The van der Waals surface area contributed by atoms with Crippen LogP contribution in [0.15, 0.2) is 47.4 Å². The lowest BCUT2D eigenvalue weighted by Crippen LogP contribution is -2.62. The molecule has 3 aliphatic rings. The van der Waals surface area contributed by atoms with Crippen molar-refractivity contribution in [3.05, 3.63) is 64.1 Å². The molecule has 0 bridgehead atoms. The Balaban J connectivity index is 1.46. The Morgan fingerprint density at radius 1 is 0.926 bits per heavy atom. The highest BCUT2D eigenvalue weighted by atomic mass is 16.7. The van der Waals surface area contributed by atoms with Crippen molar-refractivity contribution in [3.63, 3.8) is 0 Å². The molecule has 5 rings (SSSR count). The van der Waals surface area contributed by atoms with Gasteiger partial charge in [0.2, 0.25) is 0 Å². The highest BCUT2D eigenvalue weighted by molar-refractivity contribution is 5.73. The predicted molar refractivity (Wildman–Crippen MR) is 260 cm³/mol. The third-order valence-corrected chi connectivity index (χ3v) is 15.5. The van der Waals surface area contributed by atoms with E-state index in [1.807, 2.05) is 91.0 Å². The van der Waals surface area contributed by atoms with Gasteiger partial charge in [0.1, 0.15) is 30.0 Å². The molecule has 3 aliphatic heterocycles. The molecule has 0 radical (unpaired) electrons. The van der Waals surface area contributed by atoms with Crippen LogP contribution < -0.4 is 5.56 Å². The van der Waals surface area contributed by atoms with Crippen LogP contribution in [-0.2, 0) is 28.5 Å². The number of benzene rings is 1. The molecule has 2 aromatic rings. The van der Waals surface area contributed by atoms with Gasteiger partial charge < -0.3 is 54.1 Å². The van der Waals surface area contributed by atoms with Crippen molar-refractivity contribution in [2.24, 2.45) is 23.7 Å². The number of aliphatic hydroxyl groups is 5. The molecule has 3 fully saturated rings. The number of hydrogen-bond donors (Lipinski definition) is 5. The Kier molecular flexibility index (Phi) is 18.7. The molecule has 15 nitrogen and oxygen atoms in total. The summed E-state index contributed by atoms with van der Waals surface area (Å²) in [5.41, 5.74) is -2.00. The molecule has 3 saturated heterocycles. The lowest BCUT2D eigenvalue weighted by atomic mass is 9.68. The van der Waals surface area contributed by atoms with Crippen molar-refractivity contribution in [2.75, 3.05) is 34.3 Å². The Bertz CT molecular complexity index is 2090. The molecule has 1 unspecified atom stereocenters. The quantitative estimate of drug-likeness (QED) is 0.175. The maximum absolute atomic E-state index is 14.6. The number of hydrogen-bond acceptors (Lipinski definition) is 14. The van der Waals surface area contributed by atoms with E-state index in [1.165, 1.54) is 14.0 Å². The summed E-state index contributed by atoms with van der Waals surface area (Å²) >= 11 is 0. The first kappa shape index (κ1) is 55.7. The van der Waals surface area contributed by atoms with E-state index in [4.69, 9.17) is 23.7 Å². The second-order valence-corrected chi connectivity index (χ2v) is 21.3. The van der Waals surface area contributed by atoms with Gasteiger partial charge in [-0.1, -0.05) is 45.6 Å². The minimum Gasteiger partial charge on any atom is -0.459 e. The van der Waals surface area contributed by atoms with Gasteiger partial charge in [-0.2, -0.15) is 0 Å². The van der Waals surface area contributed by atoms with Gasteiger partial charge >= 0.3 is 5.97 Å². The molecule has 4 heterocycles. The number of aryl methyl sites for hydroxylation is 1. The van der Waals surface area contributed by atoms with Crippen LogP contribution >= 0.6 is 0 Å². The molecule has 5 N–H and O–H groups in total. The molecular weight excluding hydrogens is 871 g/mol. The Labute approximate surface area is 405 Å². The molecule has 15 heteroatoms. The lowest BCUT2D eigenvalue weighted by molar-refractivity contribution is -0.302. The summed E-state index contributed by atoms with van der Waals surface area (Å²) in [4.78, 5) is 31.0. The van der Waals surface area contributed by atoms with Gasteiger partial charge in [0.25, 0.3) is 5.56 Å². The van der Waals surface area contributed by atoms with E-state index >= 15 is 0 Å². The second kappa shape index (κ2) is 22.9. The largest absolute Gasteiger partial charge is 0.459 e. The van der Waals surface area contributed by atoms with Gasteiger partial charge in [-0.25, -0.2) is 0 Å². The van der Waals surface area contributed by atoms with E-state index < -0.39 is 102 Å². The van der Waals surface area contributed by atoms with Gasteiger partial charge in [0.15, 0.2) is 6.29 Å². The average molecular weight is 954 g/mol. The van der Waals surface area contributed by atoms with Crippen LogP contribution in [0.3, 0.4) is 0 Å². The van der Waals surface area contributed by atoms with Crippen LogP contribution in [0.2, 0.25) is 0 Å². The highest BCUT2D eigenvalue weighted by Gasteiger charge is 2.55. The summed E-state index contributed by atoms with van der Waals surface area (Å²) in [7, 11) is 5.32. The number of ether oxygens (including phenoxy) is 5. The van der Waals surface area contributed by atoms with Crippen molar-refractivity contribution in [2.45, 2.75) is 192 Å².